The molecule has 0 aromatic rings. The summed E-state index contributed by atoms with van der Waals surface area (Å²) in [5, 5.41) is 0. The summed E-state index contributed by atoms with van der Waals surface area (Å²) in [4.78, 5) is 0. The largest absolute Gasteiger partial charge is 0.0623 e. The van der Waals surface area contributed by atoms with Gasteiger partial charge in [-0.3, -0.25) is 0 Å². The Balaban J connectivity index is 3.93. The SMILES string of the molecule is CC(C)C(C)(C)C[CH]C(C)(C)C. The molecule has 0 atom stereocenters. The van der Waals surface area contributed by atoms with Crippen LogP contribution < -0.4 is 0 Å². The van der Waals surface area contributed by atoms with Crippen LogP contribution in [0.25, 0.3) is 0 Å². The third-order valence-electron chi connectivity index (χ3n) is 2.80. The maximum Gasteiger partial charge on any atom is -0.0327 e. The molecule has 0 rings (SSSR count). The lowest BCUT2D eigenvalue weighted by Crippen LogP contribution is -2.22. The van der Waals surface area contributed by atoms with Crippen molar-refractivity contribution in [3.63, 3.8) is 0 Å². The van der Waals surface area contributed by atoms with E-state index in [0.29, 0.717) is 10.8 Å². The van der Waals surface area contributed by atoms with Gasteiger partial charge in [0, 0.05) is 0 Å². The van der Waals surface area contributed by atoms with Gasteiger partial charge in [-0.2, -0.15) is 0 Å². The molecule has 0 aliphatic rings. The van der Waals surface area contributed by atoms with Crippen LogP contribution in [0.5, 0.6) is 0 Å². The summed E-state index contributed by atoms with van der Waals surface area (Å²) in [5.41, 5.74) is 0.819. The number of hydrogen-bond acceptors (Lipinski definition) is 0. The second kappa shape index (κ2) is 3.81. The summed E-state index contributed by atoms with van der Waals surface area (Å²) in [6.45, 7) is 16.1. The van der Waals surface area contributed by atoms with Gasteiger partial charge in [0.25, 0.3) is 0 Å². The number of hydrogen-bond donors (Lipinski definition) is 0. The predicted molar refractivity (Wildman–Crippen MR) is 57.0 cm³/mol. The lowest BCUT2D eigenvalue weighted by atomic mass is 9.74. The van der Waals surface area contributed by atoms with Gasteiger partial charge in [0.15, 0.2) is 0 Å². The fourth-order valence-corrected chi connectivity index (χ4v) is 0.805. The molecule has 0 spiro atoms. The third-order valence-corrected chi connectivity index (χ3v) is 2.80. The van der Waals surface area contributed by atoms with Crippen LogP contribution in [0.1, 0.15) is 54.9 Å². The van der Waals surface area contributed by atoms with E-state index in [-0.39, 0.29) is 0 Å². The van der Waals surface area contributed by atoms with Gasteiger partial charge >= 0.3 is 0 Å². The van der Waals surface area contributed by atoms with Crippen LogP contribution in [0.3, 0.4) is 0 Å². The van der Waals surface area contributed by atoms with E-state index in [1.54, 1.807) is 0 Å². The highest BCUT2D eigenvalue weighted by atomic mass is 14.3. The van der Waals surface area contributed by atoms with Crippen LogP contribution in [-0.4, -0.2) is 0 Å². The van der Waals surface area contributed by atoms with Crippen LogP contribution in [0.2, 0.25) is 0 Å². The van der Waals surface area contributed by atoms with E-state index in [2.05, 4.69) is 54.9 Å². The average molecular weight is 169 g/mol. The van der Waals surface area contributed by atoms with Crippen molar-refractivity contribution in [2.75, 3.05) is 0 Å². The molecular weight excluding hydrogens is 144 g/mol. The van der Waals surface area contributed by atoms with Gasteiger partial charge in [-0.1, -0.05) is 48.5 Å². The molecule has 0 saturated heterocycles. The first-order valence-electron chi connectivity index (χ1n) is 4.99. The molecule has 0 aliphatic carbocycles. The molecule has 73 valence electrons. The molecule has 0 aromatic heterocycles. The Hall–Kier alpha value is 0. The van der Waals surface area contributed by atoms with Crippen molar-refractivity contribution in [2.45, 2.75) is 54.9 Å². The minimum absolute atomic E-state index is 0.367. The Morgan fingerprint density at radius 3 is 1.67 bits per heavy atom. The fraction of sp³-hybridized carbons (Fsp3) is 0.917. The van der Waals surface area contributed by atoms with Crippen LogP contribution in [-0.2, 0) is 0 Å². The Labute approximate surface area is 78.8 Å². The summed E-state index contributed by atoms with van der Waals surface area (Å²) in [7, 11) is 0. The Morgan fingerprint density at radius 1 is 1.00 bits per heavy atom. The van der Waals surface area contributed by atoms with Crippen LogP contribution in [0.4, 0.5) is 0 Å². The minimum atomic E-state index is 0.367. The monoisotopic (exact) mass is 169 g/mol. The molecule has 0 unspecified atom stereocenters. The third kappa shape index (κ3) is 4.79. The normalized spacial score (nSPS) is 14.0. The Bertz CT molecular complexity index is 123. The summed E-state index contributed by atoms with van der Waals surface area (Å²) in [6.07, 6.45) is 3.65. The fourth-order valence-electron chi connectivity index (χ4n) is 0.805. The van der Waals surface area contributed by atoms with Crippen molar-refractivity contribution in [3.8, 4) is 0 Å². The minimum Gasteiger partial charge on any atom is -0.0623 e. The standard InChI is InChI=1S/C12H25/c1-10(2)12(6,7)9-8-11(3,4)5/h8,10H,9H2,1-7H3. The molecule has 0 saturated carbocycles. The zero-order valence-corrected chi connectivity index (χ0v) is 9.86. The van der Waals surface area contributed by atoms with Gasteiger partial charge in [-0.25, -0.2) is 0 Å². The second-order valence-corrected chi connectivity index (χ2v) is 5.92. The Morgan fingerprint density at radius 2 is 1.42 bits per heavy atom. The summed E-state index contributed by atoms with van der Waals surface area (Å²) < 4.78 is 0. The highest BCUT2D eigenvalue weighted by Crippen LogP contribution is 2.34. The Kier molecular flexibility index (Phi) is 3.81. The van der Waals surface area contributed by atoms with Crippen molar-refractivity contribution in [2.24, 2.45) is 16.7 Å². The molecule has 0 aromatic carbocycles. The second-order valence-electron chi connectivity index (χ2n) is 5.92. The smallest absolute Gasteiger partial charge is 0.0327 e. The van der Waals surface area contributed by atoms with E-state index >= 15 is 0 Å². The quantitative estimate of drug-likeness (QED) is 0.590. The van der Waals surface area contributed by atoms with Gasteiger partial charge in [0.05, 0.1) is 0 Å². The van der Waals surface area contributed by atoms with Gasteiger partial charge < -0.3 is 0 Å². The molecule has 0 N–H and O–H groups in total. The maximum atomic E-state index is 2.44. The lowest BCUT2D eigenvalue weighted by molar-refractivity contribution is 0.229. The van der Waals surface area contributed by atoms with Gasteiger partial charge in [0.2, 0.25) is 0 Å². The molecular formula is C12H25. The summed E-state index contributed by atoms with van der Waals surface area (Å²) in [6, 6.07) is 0. The van der Waals surface area contributed by atoms with E-state index in [4.69, 9.17) is 0 Å². The molecule has 0 bridgehead atoms. The van der Waals surface area contributed by atoms with Crippen molar-refractivity contribution in [1.29, 1.82) is 0 Å². The van der Waals surface area contributed by atoms with E-state index in [9.17, 15) is 0 Å². The molecule has 0 heterocycles. The molecule has 0 nitrogen and oxygen atoms in total. The topological polar surface area (TPSA) is 0 Å². The molecule has 0 heteroatoms. The first-order valence-corrected chi connectivity index (χ1v) is 4.99. The molecule has 0 amide bonds. The summed E-state index contributed by atoms with van der Waals surface area (Å²) >= 11 is 0. The first-order chi connectivity index (χ1) is 5.15. The zero-order chi connectivity index (χ0) is 9.99. The maximum absolute atomic E-state index is 2.44. The average Bonchev–Trinajstić information content (AvgIpc) is 1.82. The number of rotatable bonds is 3. The van der Waals surface area contributed by atoms with Crippen molar-refractivity contribution < 1.29 is 0 Å². The van der Waals surface area contributed by atoms with E-state index < -0.39 is 0 Å². The molecule has 12 heavy (non-hydrogen) atoms. The van der Waals surface area contributed by atoms with Crippen molar-refractivity contribution in [1.82, 2.24) is 0 Å². The highest BCUT2D eigenvalue weighted by Gasteiger charge is 2.24. The van der Waals surface area contributed by atoms with Crippen molar-refractivity contribution >= 4 is 0 Å². The van der Waals surface area contributed by atoms with Crippen molar-refractivity contribution in [3.05, 3.63) is 6.42 Å². The van der Waals surface area contributed by atoms with E-state index in [1.165, 1.54) is 6.42 Å². The first kappa shape index (κ1) is 12.0. The van der Waals surface area contributed by atoms with Gasteiger partial charge in [-0.15, -0.1) is 0 Å². The van der Waals surface area contributed by atoms with Gasteiger partial charge in [0.1, 0.15) is 0 Å². The van der Waals surface area contributed by atoms with E-state index in [0.717, 1.165) is 5.92 Å². The van der Waals surface area contributed by atoms with Gasteiger partial charge in [-0.05, 0) is 29.6 Å². The van der Waals surface area contributed by atoms with Crippen LogP contribution >= 0.6 is 0 Å². The summed E-state index contributed by atoms with van der Waals surface area (Å²) in [5.74, 6) is 0.760. The highest BCUT2D eigenvalue weighted by molar-refractivity contribution is 4.87. The predicted octanol–water partition coefficient (Wildman–Crippen LogP) is 4.31. The van der Waals surface area contributed by atoms with E-state index in [1.807, 2.05) is 0 Å². The zero-order valence-electron chi connectivity index (χ0n) is 9.86. The molecule has 1 radical (unpaired) electrons. The van der Waals surface area contributed by atoms with Crippen LogP contribution in [0, 0.1) is 23.2 Å². The molecule has 0 aliphatic heterocycles. The van der Waals surface area contributed by atoms with Crippen LogP contribution in [0.15, 0.2) is 0 Å². The molecule has 0 fully saturated rings. The lowest BCUT2D eigenvalue weighted by Gasteiger charge is -2.32.